The summed E-state index contributed by atoms with van der Waals surface area (Å²) in [7, 11) is 3.07. The van der Waals surface area contributed by atoms with E-state index in [9.17, 15) is 9.59 Å². The Morgan fingerprint density at radius 1 is 1.00 bits per heavy atom. The summed E-state index contributed by atoms with van der Waals surface area (Å²) in [5.74, 6) is 0.230. The number of esters is 1. The average Bonchev–Trinajstić information content (AvgIpc) is 2.64. The normalized spacial score (nSPS) is 10.5. The second kappa shape index (κ2) is 8.89. The van der Waals surface area contributed by atoms with Gasteiger partial charge >= 0.3 is 5.97 Å². The van der Waals surface area contributed by atoms with Gasteiger partial charge in [0, 0.05) is 16.7 Å². The van der Waals surface area contributed by atoms with Crippen LogP contribution in [0.5, 0.6) is 11.5 Å². The summed E-state index contributed by atoms with van der Waals surface area (Å²) in [6.07, 6.45) is 2.81. The first-order valence-corrected chi connectivity index (χ1v) is 7.77. The lowest BCUT2D eigenvalue weighted by Gasteiger charge is -2.07. The molecule has 0 fully saturated rings. The molecule has 0 atom stereocenters. The molecule has 0 amide bonds. The van der Waals surface area contributed by atoms with Crippen molar-refractivity contribution in [1.82, 2.24) is 0 Å². The van der Waals surface area contributed by atoms with Crippen LogP contribution >= 0.6 is 11.6 Å². The lowest BCUT2D eigenvalue weighted by molar-refractivity contribution is -0.136. The molecule has 0 aromatic heterocycles. The molecule has 0 N–H and O–H groups in total. The zero-order valence-corrected chi connectivity index (χ0v) is 14.6. The molecule has 25 heavy (non-hydrogen) atoms. The summed E-state index contributed by atoms with van der Waals surface area (Å²) in [5, 5.41) is 0.534. The molecule has 0 aliphatic heterocycles. The van der Waals surface area contributed by atoms with Gasteiger partial charge in [0.25, 0.3) is 0 Å². The summed E-state index contributed by atoms with van der Waals surface area (Å²) >= 11 is 5.76. The van der Waals surface area contributed by atoms with Crippen LogP contribution in [0.25, 0.3) is 6.08 Å². The minimum atomic E-state index is -0.614. The zero-order valence-electron chi connectivity index (χ0n) is 13.8. The molecular weight excluding hydrogens is 344 g/mol. The van der Waals surface area contributed by atoms with Crippen LogP contribution in [0.3, 0.4) is 0 Å². The Morgan fingerprint density at radius 2 is 1.68 bits per heavy atom. The summed E-state index contributed by atoms with van der Waals surface area (Å²) in [6, 6.07) is 11.6. The van der Waals surface area contributed by atoms with Gasteiger partial charge in [-0.3, -0.25) is 4.79 Å². The van der Waals surface area contributed by atoms with E-state index in [1.54, 1.807) is 55.7 Å². The van der Waals surface area contributed by atoms with E-state index in [4.69, 9.17) is 25.8 Å². The van der Waals surface area contributed by atoms with Gasteiger partial charge in [0.1, 0.15) is 0 Å². The van der Waals surface area contributed by atoms with Crippen molar-refractivity contribution in [2.24, 2.45) is 0 Å². The van der Waals surface area contributed by atoms with Crippen molar-refractivity contribution < 1.29 is 23.8 Å². The molecule has 2 aromatic carbocycles. The number of benzene rings is 2. The highest BCUT2D eigenvalue weighted by atomic mass is 35.5. The van der Waals surface area contributed by atoms with Gasteiger partial charge in [-0.1, -0.05) is 17.7 Å². The Bertz CT molecular complexity index is 781. The summed E-state index contributed by atoms with van der Waals surface area (Å²) in [5.41, 5.74) is 1.17. The Balaban J connectivity index is 1.92. The third kappa shape index (κ3) is 5.36. The number of carbonyl (C=O) groups is 2. The Morgan fingerprint density at radius 3 is 2.32 bits per heavy atom. The first kappa shape index (κ1) is 18.5. The molecular formula is C19H17ClO5. The van der Waals surface area contributed by atoms with Gasteiger partial charge in [-0.25, -0.2) is 4.79 Å². The quantitative estimate of drug-likeness (QED) is 0.427. The number of carbonyl (C=O) groups excluding carboxylic acids is 2. The smallest absolute Gasteiger partial charge is 0.331 e. The molecule has 0 heterocycles. The molecule has 0 spiro atoms. The maximum Gasteiger partial charge on any atom is 0.331 e. The number of Topliss-reactive ketones (excluding diaryl/α,β-unsaturated/α-hetero) is 1. The number of hydrogen-bond donors (Lipinski definition) is 0. The van der Waals surface area contributed by atoms with Gasteiger partial charge in [-0.05, 0) is 48.0 Å². The van der Waals surface area contributed by atoms with E-state index in [-0.39, 0.29) is 12.4 Å². The van der Waals surface area contributed by atoms with Crippen molar-refractivity contribution in [2.45, 2.75) is 0 Å². The Labute approximate surface area is 150 Å². The molecule has 2 aromatic rings. The molecule has 0 radical (unpaired) electrons. The first-order chi connectivity index (χ1) is 12.0. The fourth-order valence-corrected chi connectivity index (χ4v) is 2.15. The highest BCUT2D eigenvalue weighted by Crippen LogP contribution is 2.27. The van der Waals surface area contributed by atoms with Crippen molar-refractivity contribution in [3.05, 3.63) is 64.7 Å². The summed E-state index contributed by atoms with van der Waals surface area (Å²) < 4.78 is 15.3. The van der Waals surface area contributed by atoms with Gasteiger partial charge in [0.05, 0.1) is 14.2 Å². The van der Waals surface area contributed by atoms with Crippen LogP contribution < -0.4 is 9.47 Å². The standard InChI is InChI=1S/C19H17ClO5/c1-23-17-9-3-13(11-18(17)24-2)4-10-19(22)25-12-16(21)14-5-7-15(20)8-6-14/h3-11H,12H2,1-2H3/b10-4+. The van der Waals surface area contributed by atoms with E-state index < -0.39 is 5.97 Å². The Hall–Kier alpha value is -2.79. The van der Waals surface area contributed by atoms with Crippen LogP contribution in [-0.4, -0.2) is 32.6 Å². The minimum Gasteiger partial charge on any atom is -0.493 e. The number of rotatable bonds is 7. The van der Waals surface area contributed by atoms with Crippen molar-refractivity contribution >= 4 is 29.4 Å². The number of hydrogen-bond acceptors (Lipinski definition) is 5. The highest BCUT2D eigenvalue weighted by Gasteiger charge is 2.08. The van der Waals surface area contributed by atoms with Gasteiger partial charge < -0.3 is 14.2 Å². The van der Waals surface area contributed by atoms with Crippen molar-refractivity contribution in [3.8, 4) is 11.5 Å². The molecule has 0 saturated heterocycles. The molecule has 0 aliphatic rings. The second-order valence-electron chi connectivity index (χ2n) is 4.99. The van der Waals surface area contributed by atoms with Gasteiger partial charge in [-0.15, -0.1) is 0 Å². The monoisotopic (exact) mass is 360 g/mol. The number of methoxy groups -OCH3 is 2. The molecule has 0 unspecified atom stereocenters. The second-order valence-corrected chi connectivity index (χ2v) is 5.42. The van der Waals surface area contributed by atoms with E-state index in [2.05, 4.69) is 0 Å². The molecule has 130 valence electrons. The molecule has 0 bridgehead atoms. The van der Waals surface area contributed by atoms with E-state index in [1.165, 1.54) is 13.2 Å². The number of ether oxygens (including phenoxy) is 3. The largest absolute Gasteiger partial charge is 0.493 e. The first-order valence-electron chi connectivity index (χ1n) is 7.39. The van der Waals surface area contributed by atoms with Crippen LogP contribution in [0, 0.1) is 0 Å². The van der Waals surface area contributed by atoms with Gasteiger partial charge in [0.15, 0.2) is 23.9 Å². The van der Waals surface area contributed by atoms with E-state index in [0.29, 0.717) is 22.1 Å². The molecule has 0 saturated carbocycles. The maximum atomic E-state index is 11.9. The van der Waals surface area contributed by atoms with Crippen molar-refractivity contribution in [2.75, 3.05) is 20.8 Å². The lowest BCUT2D eigenvalue weighted by Crippen LogP contribution is -2.12. The van der Waals surface area contributed by atoms with Crippen molar-refractivity contribution in [3.63, 3.8) is 0 Å². The third-order valence-corrected chi connectivity index (χ3v) is 3.58. The summed E-state index contributed by atoms with van der Waals surface area (Å²) in [6.45, 7) is -0.337. The predicted octanol–water partition coefficient (Wildman–Crippen LogP) is 3.80. The van der Waals surface area contributed by atoms with Crippen molar-refractivity contribution in [1.29, 1.82) is 0 Å². The van der Waals surface area contributed by atoms with Crippen LogP contribution in [0.15, 0.2) is 48.5 Å². The van der Waals surface area contributed by atoms with Crippen LogP contribution in [0.2, 0.25) is 5.02 Å². The SMILES string of the molecule is COc1ccc(/C=C/C(=O)OCC(=O)c2ccc(Cl)cc2)cc1OC. The molecule has 6 heteroatoms. The topological polar surface area (TPSA) is 61.8 Å². The van der Waals surface area contributed by atoms with E-state index in [0.717, 1.165) is 5.56 Å². The number of halogens is 1. The minimum absolute atomic E-state index is 0.301. The van der Waals surface area contributed by atoms with Crippen LogP contribution in [0.4, 0.5) is 0 Å². The summed E-state index contributed by atoms with van der Waals surface area (Å²) in [4.78, 5) is 23.7. The maximum absolute atomic E-state index is 11.9. The predicted molar refractivity (Wildman–Crippen MR) is 95.3 cm³/mol. The van der Waals surface area contributed by atoms with Crippen LogP contribution in [0.1, 0.15) is 15.9 Å². The molecule has 0 aliphatic carbocycles. The van der Waals surface area contributed by atoms with E-state index >= 15 is 0 Å². The highest BCUT2D eigenvalue weighted by molar-refractivity contribution is 6.30. The van der Waals surface area contributed by atoms with Gasteiger partial charge in [0.2, 0.25) is 0 Å². The molecule has 2 rings (SSSR count). The van der Waals surface area contributed by atoms with Crippen LogP contribution in [-0.2, 0) is 9.53 Å². The number of ketones is 1. The average molecular weight is 361 g/mol. The zero-order chi connectivity index (χ0) is 18.2. The fourth-order valence-electron chi connectivity index (χ4n) is 2.02. The lowest BCUT2D eigenvalue weighted by atomic mass is 10.1. The van der Waals surface area contributed by atoms with Gasteiger partial charge in [-0.2, -0.15) is 0 Å². The van der Waals surface area contributed by atoms with E-state index in [1.807, 2.05) is 0 Å². The molecule has 5 nitrogen and oxygen atoms in total. The Kier molecular flexibility index (Phi) is 6.60. The third-order valence-electron chi connectivity index (χ3n) is 3.33. The fraction of sp³-hybridized carbons (Fsp3) is 0.158.